The summed E-state index contributed by atoms with van der Waals surface area (Å²) in [6.45, 7) is 4.92. The maximum absolute atomic E-state index is 12.1. The Morgan fingerprint density at radius 1 is 1.24 bits per heavy atom. The Morgan fingerprint density at radius 2 is 2.00 bits per heavy atom. The van der Waals surface area contributed by atoms with Crippen molar-refractivity contribution in [1.29, 1.82) is 0 Å². The van der Waals surface area contributed by atoms with Gasteiger partial charge in [0.1, 0.15) is 6.61 Å². The predicted octanol–water partition coefficient (Wildman–Crippen LogP) is 4.27. The molecule has 1 aliphatic carbocycles. The van der Waals surface area contributed by atoms with E-state index < -0.39 is 11.6 Å². The monoisotopic (exact) mass is 402 g/mol. The van der Waals surface area contributed by atoms with Crippen LogP contribution in [0.5, 0.6) is 0 Å². The number of hydrogen-bond acceptors (Lipinski definition) is 5. The van der Waals surface area contributed by atoms with Gasteiger partial charge in [-0.15, -0.1) is 0 Å². The van der Waals surface area contributed by atoms with Crippen LogP contribution >= 0.6 is 0 Å². The Balaban J connectivity index is 2.38. The lowest BCUT2D eigenvalue weighted by Crippen LogP contribution is -2.19. The lowest BCUT2D eigenvalue weighted by atomic mass is 9.90. The number of esters is 1. The quantitative estimate of drug-likeness (QED) is 0.283. The average molecular weight is 403 g/mol. The van der Waals surface area contributed by atoms with Gasteiger partial charge in [-0.05, 0) is 45.1 Å². The molecule has 1 unspecified atom stereocenters. The summed E-state index contributed by atoms with van der Waals surface area (Å²) in [5, 5.41) is 10.3. The van der Waals surface area contributed by atoms with E-state index in [1.54, 1.807) is 13.0 Å². The van der Waals surface area contributed by atoms with Crippen LogP contribution in [0.3, 0.4) is 0 Å². The minimum Gasteiger partial charge on any atom is -0.458 e. The van der Waals surface area contributed by atoms with Crippen molar-refractivity contribution in [2.75, 3.05) is 6.61 Å². The van der Waals surface area contributed by atoms with Gasteiger partial charge in [0.15, 0.2) is 11.6 Å². The first-order valence-electron chi connectivity index (χ1n) is 10.3. The number of carbonyl (C=O) groups excluding carboxylic acids is 3. The van der Waals surface area contributed by atoms with E-state index in [-0.39, 0.29) is 30.0 Å². The zero-order valence-electron chi connectivity index (χ0n) is 17.8. The van der Waals surface area contributed by atoms with Gasteiger partial charge in [0.05, 0.1) is 5.60 Å². The second-order valence-corrected chi connectivity index (χ2v) is 7.66. The average Bonchev–Trinajstić information content (AvgIpc) is 3.01. The molecule has 0 fully saturated rings. The SMILES string of the molecule is CCC=CC(C)(O)C/C=C/[C@H]1C=CC(=O)[C@@H]1C/C=C\CCCC(=O)COC(C)=O. The summed E-state index contributed by atoms with van der Waals surface area (Å²) in [6.07, 6.45) is 19.1. The van der Waals surface area contributed by atoms with E-state index in [1.807, 2.05) is 49.5 Å². The molecule has 0 spiro atoms. The van der Waals surface area contributed by atoms with E-state index in [0.717, 1.165) is 12.8 Å². The molecule has 0 heterocycles. The number of unbranched alkanes of at least 4 members (excludes halogenated alkanes) is 1. The highest BCUT2D eigenvalue weighted by Gasteiger charge is 2.27. The van der Waals surface area contributed by atoms with Gasteiger partial charge in [0.2, 0.25) is 0 Å². The Labute approximate surface area is 174 Å². The molecule has 29 heavy (non-hydrogen) atoms. The van der Waals surface area contributed by atoms with Crippen molar-refractivity contribution in [1.82, 2.24) is 0 Å². The number of ketones is 2. The molecule has 0 saturated carbocycles. The molecule has 1 N–H and O–H groups in total. The van der Waals surface area contributed by atoms with Crippen molar-refractivity contribution in [3.63, 3.8) is 0 Å². The molecule has 0 aromatic carbocycles. The van der Waals surface area contributed by atoms with Crippen LogP contribution in [0.4, 0.5) is 0 Å². The summed E-state index contributed by atoms with van der Waals surface area (Å²) < 4.78 is 4.67. The zero-order valence-corrected chi connectivity index (χ0v) is 17.8. The van der Waals surface area contributed by atoms with Crippen molar-refractivity contribution < 1.29 is 24.2 Å². The van der Waals surface area contributed by atoms with E-state index in [2.05, 4.69) is 4.74 Å². The fraction of sp³-hybridized carbons (Fsp3) is 0.542. The van der Waals surface area contributed by atoms with Crippen LogP contribution in [0, 0.1) is 11.8 Å². The largest absolute Gasteiger partial charge is 0.458 e. The summed E-state index contributed by atoms with van der Waals surface area (Å²) in [5.74, 6) is -0.470. The van der Waals surface area contributed by atoms with Crippen LogP contribution < -0.4 is 0 Å². The molecule has 0 aliphatic heterocycles. The Kier molecular flexibility index (Phi) is 11.1. The minimum atomic E-state index is -0.874. The van der Waals surface area contributed by atoms with Crippen molar-refractivity contribution in [3.05, 3.63) is 48.6 Å². The standard InChI is InChI=1S/C24H34O5/c1-4-5-16-24(3,28)17-10-11-20-14-15-23(27)22(20)13-9-7-6-8-12-21(26)18-29-19(2)25/h5,7,9-11,14-16,20,22,28H,4,6,8,12-13,17-18H2,1-3H3/b9-7-,11-10+,16-5?/t20-,22+,24?/m0/s1. The Hall–Kier alpha value is -2.27. The van der Waals surface area contributed by atoms with Crippen molar-refractivity contribution in [2.24, 2.45) is 11.8 Å². The lowest BCUT2D eigenvalue weighted by Gasteiger charge is -2.17. The molecule has 0 bridgehead atoms. The number of ether oxygens (including phenoxy) is 1. The predicted molar refractivity (Wildman–Crippen MR) is 114 cm³/mol. The lowest BCUT2D eigenvalue weighted by molar-refractivity contribution is -0.145. The Bertz CT molecular complexity index is 667. The van der Waals surface area contributed by atoms with Crippen LogP contribution in [-0.2, 0) is 19.1 Å². The molecule has 5 heteroatoms. The maximum Gasteiger partial charge on any atom is 0.303 e. The van der Waals surface area contributed by atoms with Crippen LogP contribution in [-0.4, -0.2) is 34.9 Å². The highest BCUT2D eigenvalue weighted by Crippen LogP contribution is 2.28. The highest BCUT2D eigenvalue weighted by molar-refractivity contribution is 5.95. The summed E-state index contributed by atoms with van der Waals surface area (Å²) >= 11 is 0. The maximum atomic E-state index is 12.1. The number of carbonyl (C=O) groups is 3. The third-order valence-corrected chi connectivity index (χ3v) is 4.73. The number of allylic oxidation sites excluding steroid dienone is 6. The molecule has 0 amide bonds. The van der Waals surface area contributed by atoms with Crippen LogP contribution in [0.1, 0.15) is 59.3 Å². The van der Waals surface area contributed by atoms with Gasteiger partial charge in [-0.2, -0.15) is 0 Å². The number of Topliss-reactive ketones (excluding diaryl/α,β-unsaturated/α-hetero) is 1. The van der Waals surface area contributed by atoms with Gasteiger partial charge in [0.25, 0.3) is 0 Å². The molecular formula is C24H34O5. The normalized spacial score (nSPS) is 21.4. The van der Waals surface area contributed by atoms with E-state index >= 15 is 0 Å². The van der Waals surface area contributed by atoms with Crippen molar-refractivity contribution in [3.8, 4) is 0 Å². The van der Waals surface area contributed by atoms with Crippen LogP contribution in [0.15, 0.2) is 48.6 Å². The molecule has 1 aliphatic rings. The molecule has 0 saturated heterocycles. The van der Waals surface area contributed by atoms with E-state index in [0.29, 0.717) is 25.7 Å². The highest BCUT2D eigenvalue weighted by atomic mass is 16.5. The van der Waals surface area contributed by atoms with Gasteiger partial charge >= 0.3 is 5.97 Å². The smallest absolute Gasteiger partial charge is 0.303 e. The van der Waals surface area contributed by atoms with E-state index in [9.17, 15) is 19.5 Å². The second-order valence-electron chi connectivity index (χ2n) is 7.66. The third-order valence-electron chi connectivity index (χ3n) is 4.73. The fourth-order valence-corrected chi connectivity index (χ4v) is 3.06. The van der Waals surface area contributed by atoms with E-state index in [1.165, 1.54) is 6.92 Å². The van der Waals surface area contributed by atoms with Gasteiger partial charge < -0.3 is 9.84 Å². The van der Waals surface area contributed by atoms with Gasteiger partial charge in [-0.1, -0.05) is 49.5 Å². The minimum absolute atomic E-state index is 0.0448. The Morgan fingerprint density at radius 3 is 2.69 bits per heavy atom. The van der Waals surface area contributed by atoms with Crippen LogP contribution in [0.25, 0.3) is 0 Å². The molecule has 160 valence electrons. The molecule has 5 nitrogen and oxygen atoms in total. The van der Waals surface area contributed by atoms with Gasteiger partial charge in [-0.3, -0.25) is 14.4 Å². The summed E-state index contributed by atoms with van der Waals surface area (Å²) in [7, 11) is 0. The molecule has 0 aromatic heterocycles. The number of hydrogen-bond donors (Lipinski definition) is 1. The molecule has 0 aromatic rings. The molecule has 1 rings (SSSR count). The topological polar surface area (TPSA) is 80.7 Å². The first-order chi connectivity index (χ1) is 13.7. The molecule has 3 atom stereocenters. The van der Waals surface area contributed by atoms with Gasteiger partial charge in [0, 0.05) is 25.2 Å². The second kappa shape index (κ2) is 13.0. The van der Waals surface area contributed by atoms with E-state index in [4.69, 9.17) is 0 Å². The first-order valence-corrected chi connectivity index (χ1v) is 10.3. The summed E-state index contributed by atoms with van der Waals surface area (Å²) in [5.41, 5.74) is -0.874. The third kappa shape index (κ3) is 10.7. The van der Waals surface area contributed by atoms with Gasteiger partial charge in [-0.25, -0.2) is 0 Å². The van der Waals surface area contributed by atoms with Crippen molar-refractivity contribution in [2.45, 2.75) is 64.9 Å². The summed E-state index contributed by atoms with van der Waals surface area (Å²) in [6, 6.07) is 0. The van der Waals surface area contributed by atoms with Crippen LogP contribution in [0.2, 0.25) is 0 Å². The first kappa shape index (κ1) is 24.8. The van der Waals surface area contributed by atoms with Crippen molar-refractivity contribution >= 4 is 17.5 Å². The zero-order chi connectivity index (χ0) is 21.7. The number of rotatable bonds is 13. The summed E-state index contributed by atoms with van der Waals surface area (Å²) in [4.78, 5) is 34.3. The fourth-order valence-electron chi connectivity index (χ4n) is 3.06. The molecule has 0 radical (unpaired) electrons. The number of aliphatic hydroxyl groups is 1. The molecular weight excluding hydrogens is 368 g/mol.